The molecule has 0 amide bonds. The quantitative estimate of drug-likeness (QED) is 0.168. The van der Waals surface area contributed by atoms with Crippen molar-refractivity contribution < 1.29 is 13.2 Å². The lowest BCUT2D eigenvalue weighted by molar-refractivity contribution is -0.137. The number of para-hydroxylation sites is 2. The summed E-state index contributed by atoms with van der Waals surface area (Å²) in [7, 11) is 0. The molecule has 0 spiro atoms. The molecular weight excluding hydrogens is 786 g/mol. The van der Waals surface area contributed by atoms with Crippen LogP contribution in [0.25, 0.3) is 88.9 Å². The highest BCUT2D eigenvalue weighted by molar-refractivity contribution is 6.12. The molecule has 298 valence electrons. The van der Waals surface area contributed by atoms with E-state index in [1.54, 1.807) is 12.1 Å². The van der Waals surface area contributed by atoms with Gasteiger partial charge in [0.05, 0.1) is 56.2 Å². The lowest BCUT2D eigenvalue weighted by atomic mass is 9.95. The summed E-state index contributed by atoms with van der Waals surface area (Å²) in [4.78, 5) is 27.0. The smallest absolute Gasteiger partial charge is 0.309 e. The Labute approximate surface area is 351 Å². The van der Waals surface area contributed by atoms with Gasteiger partial charge >= 0.3 is 6.18 Å². The molecular formula is C49H31F3N10. The van der Waals surface area contributed by atoms with E-state index >= 15 is 0 Å². The Kier molecular flexibility index (Phi) is 8.68. The summed E-state index contributed by atoms with van der Waals surface area (Å²) in [5, 5.41) is 24.5. The van der Waals surface area contributed by atoms with E-state index in [2.05, 4.69) is 36.0 Å². The molecule has 0 aliphatic heterocycles. The summed E-state index contributed by atoms with van der Waals surface area (Å²) < 4.78 is 47.7. The van der Waals surface area contributed by atoms with Gasteiger partial charge in [-0.3, -0.25) is 0 Å². The van der Waals surface area contributed by atoms with Gasteiger partial charge in [-0.05, 0) is 112 Å². The number of nitriles is 2. The van der Waals surface area contributed by atoms with Crippen LogP contribution in [-0.4, -0.2) is 39.0 Å². The van der Waals surface area contributed by atoms with Crippen LogP contribution in [0.3, 0.4) is 0 Å². The summed E-state index contributed by atoms with van der Waals surface area (Å²) in [5.41, 5.74) is 5.09. The second-order valence-corrected chi connectivity index (χ2v) is 15.1. The maximum atomic E-state index is 14.6. The summed E-state index contributed by atoms with van der Waals surface area (Å²) in [6.45, 7) is 7.24. The van der Waals surface area contributed by atoms with Crippen LogP contribution in [0.15, 0.2) is 115 Å². The van der Waals surface area contributed by atoms with Crippen molar-refractivity contribution in [3.8, 4) is 57.4 Å². The third kappa shape index (κ3) is 6.26. The molecule has 10 nitrogen and oxygen atoms in total. The fourth-order valence-corrected chi connectivity index (χ4v) is 8.51. The number of hydrogen-bond donors (Lipinski definition) is 0. The summed E-state index contributed by atoms with van der Waals surface area (Å²) in [5.74, 6) is 3.37. The Balaban J connectivity index is 1.29. The molecule has 6 aromatic carbocycles. The first-order valence-corrected chi connectivity index (χ1v) is 19.6. The average molecular weight is 817 g/mol. The number of aryl methyl sites for hydroxylation is 4. The van der Waals surface area contributed by atoms with Crippen LogP contribution >= 0.6 is 0 Å². The molecule has 0 fully saturated rings. The van der Waals surface area contributed by atoms with Crippen molar-refractivity contribution >= 4 is 43.6 Å². The van der Waals surface area contributed by atoms with Crippen LogP contribution in [0.5, 0.6) is 0 Å². The third-order valence-electron chi connectivity index (χ3n) is 11.0. The number of nitrogens with zero attached hydrogens (tertiary/aromatic N) is 10. The molecule has 4 heterocycles. The van der Waals surface area contributed by atoms with Gasteiger partial charge in [0.1, 0.15) is 29.4 Å². The van der Waals surface area contributed by atoms with E-state index in [0.29, 0.717) is 51.9 Å². The number of alkyl halides is 3. The Bertz CT molecular complexity index is 3570. The van der Waals surface area contributed by atoms with Gasteiger partial charge in [-0.2, -0.15) is 23.7 Å². The van der Waals surface area contributed by atoms with E-state index in [-0.39, 0.29) is 16.7 Å². The third-order valence-corrected chi connectivity index (χ3v) is 11.0. The zero-order valence-corrected chi connectivity index (χ0v) is 33.6. The van der Waals surface area contributed by atoms with Crippen molar-refractivity contribution in [2.75, 3.05) is 0 Å². The van der Waals surface area contributed by atoms with Crippen molar-refractivity contribution in [1.29, 1.82) is 10.5 Å². The van der Waals surface area contributed by atoms with Crippen molar-refractivity contribution in [3.05, 3.63) is 155 Å². The zero-order chi connectivity index (χ0) is 43.0. The molecule has 0 saturated carbocycles. The monoisotopic (exact) mass is 816 g/mol. The average Bonchev–Trinajstić information content (AvgIpc) is 3.77. The topological polar surface area (TPSA) is 135 Å². The van der Waals surface area contributed by atoms with Crippen LogP contribution < -0.4 is 0 Å². The van der Waals surface area contributed by atoms with Crippen molar-refractivity contribution in [1.82, 2.24) is 39.0 Å². The Hall–Kier alpha value is -8.29. The number of aromatic nitrogens is 8. The zero-order valence-electron chi connectivity index (χ0n) is 33.6. The lowest BCUT2D eigenvalue weighted by Gasteiger charge is -2.20. The first-order chi connectivity index (χ1) is 29.9. The minimum atomic E-state index is -4.74. The van der Waals surface area contributed by atoms with Gasteiger partial charge < -0.3 is 9.13 Å². The molecule has 10 rings (SSSR count). The first-order valence-electron chi connectivity index (χ1n) is 19.6. The molecule has 10 aromatic rings. The number of rotatable bonds is 5. The van der Waals surface area contributed by atoms with Gasteiger partial charge in [0.25, 0.3) is 0 Å². The van der Waals surface area contributed by atoms with Crippen LogP contribution in [0, 0.1) is 50.4 Å². The standard InChI is InChI=1S/C49H31F3N10/c1-26-55-27(2)58-47(57-26)31-13-15-43-39(20-31)36-9-5-7-11-41(36)61(43)45-23-38(33-17-30(24-53)18-35(19-33)49(50,51)52)46(22-34(45)25-54)62-42-12-8-6-10-37(42)40-21-32(14-16-44(40)62)48-59-28(3)56-29(4)60-48/h5-23H,1-4H3. The molecule has 13 heteroatoms. The fraction of sp³-hybridized carbons (Fsp3) is 0.102. The van der Waals surface area contributed by atoms with E-state index in [4.69, 9.17) is 0 Å². The molecule has 0 aliphatic rings. The van der Waals surface area contributed by atoms with Crippen LogP contribution in [0.1, 0.15) is 40.0 Å². The molecule has 0 N–H and O–H groups in total. The van der Waals surface area contributed by atoms with E-state index in [0.717, 1.165) is 66.9 Å². The Morgan fingerprint density at radius 2 is 0.952 bits per heavy atom. The van der Waals surface area contributed by atoms with Gasteiger partial charge in [0, 0.05) is 38.2 Å². The summed E-state index contributed by atoms with van der Waals surface area (Å²) >= 11 is 0. The summed E-state index contributed by atoms with van der Waals surface area (Å²) in [6.07, 6.45) is -4.74. The minimum absolute atomic E-state index is 0.152. The Morgan fingerprint density at radius 1 is 0.468 bits per heavy atom. The predicted octanol–water partition coefficient (Wildman–Crippen LogP) is 11.2. The molecule has 0 bridgehead atoms. The second-order valence-electron chi connectivity index (χ2n) is 15.1. The number of halogens is 3. The molecule has 62 heavy (non-hydrogen) atoms. The highest BCUT2D eigenvalue weighted by Crippen LogP contribution is 2.43. The maximum Gasteiger partial charge on any atom is 0.416 e. The SMILES string of the molecule is Cc1nc(C)nc(-c2ccc3c(c2)c2ccccc2n3-c2cc(-c3cc(C#N)cc(C(F)(F)F)c3)c(-n3c4ccccc4c4cc(-c5nc(C)nc(C)n5)ccc43)cc2C#N)n1. The van der Waals surface area contributed by atoms with Gasteiger partial charge in [0.15, 0.2) is 11.6 Å². The molecule has 4 aromatic heterocycles. The van der Waals surface area contributed by atoms with Gasteiger partial charge in [-0.15, -0.1) is 0 Å². The molecule has 0 aliphatic carbocycles. The number of hydrogen-bond acceptors (Lipinski definition) is 8. The second kappa shape index (κ2) is 14.2. The van der Waals surface area contributed by atoms with Gasteiger partial charge in [-0.1, -0.05) is 36.4 Å². The van der Waals surface area contributed by atoms with Crippen LogP contribution in [0.4, 0.5) is 13.2 Å². The highest BCUT2D eigenvalue weighted by atomic mass is 19.4. The first kappa shape index (κ1) is 37.9. The van der Waals surface area contributed by atoms with Gasteiger partial charge in [-0.25, -0.2) is 29.9 Å². The normalized spacial score (nSPS) is 11.8. The van der Waals surface area contributed by atoms with Crippen LogP contribution in [-0.2, 0) is 6.18 Å². The Morgan fingerprint density at radius 3 is 1.44 bits per heavy atom. The predicted molar refractivity (Wildman–Crippen MR) is 232 cm³/mol. The minimum Gasteiger partial charge on any atom is -0.309 e. The van der Waals surface area contributed by atoms with E-state index in [1.165, 1.54) is 6.07 Å². The number of benzene rings is 6. The molecule has 0 radical (unpaired) electrons. The largest absolute Gasteiger partial charge is 0.416 e. The van der Waals surface area contributed by atoms with E-state index < -0.39 is 11.7 Å². The van der Waals surface area contributed by atoms with Crippen molar-refractivity contribution in [2.45, 2.75) is 33.9 Å². The lowest BCUT2D eigenvalue weighted by Crippen LogP contribution is -2.07. The van der Waals surface area contributed by atoms with Crippen LogP contribution in [0.2, 0.25) is 0 Å². The fourth-order valence-electron chi connectivity index (χ4n) is 8.51. The highest BCUT2D eigenvalue weighted by Gasteiger charge is 2.32. The number of fused-ring (bicyclic) bond motifs is 6. The molecule has 0 unspecified atom stereocenters. The summed E-state index contributed by atoms with van der Waals surface area (Å²) in [6, 6.07) is 38.3. The molecule has 0 saturated heterocycles. The van der Waals surface area contributed by atoms with E-state index in [9.17, 15) is 23.7 Å². The maximum absolute atomic E-state index is 14.6. The van der Waals surface area contributed by atoms with Gasteiger partial charge in [0.2, 0.25) is 0 Å². The van der Waals surface area contributed by atoms with Crippen molar-refractivity contribution in [3.63, 3.8) is 0 Å². The molecule has 0 atom stereocenters. The van der Waals surface area contributed by atoms with Crippen molar-refractivity contribution in [2.24, 2.45) is 0 Å². The van der Waals surface area contributed by atoms with E-state index in [1.807, 2.05) is 128 Å².